The van der Waals surface area contributed by atoms with Crippen LogP contribution in [-0.4, -0.2) is 35.6 Å². The van der Waals surface area contributed by atoms with Gasteiger partial charge in [-0.05, 0) is 34.0 Å². The smallest absolute Gasteiger partial charge is 0.0410 e. The maximum absolute atomic E-state index is 4.20. The lowest BCUT2D eigenvalue weighted by atomic mass is 10.1. The van der Waals surface area contributed by atoms with E-state index in [1.165, 1.54) is 12.0 Å². The van der Waals surface area contributed by atoms with Crippen LogP contribution in [0.3, 0.4) is 0 Å². The van der Waals surface area contributed by atoms with E-state index in [-0.39, 0.29) is 0 Å². The fraction of sp³-hybridized carbons (Fsp3) is 0.583. The van der Waals surface area contributed by atoms with Gasteiger partial charge in [0.05, 0.1) is 0 Å². The summed E-state index contributed by atoms with van der Waals surface area (Å²) in [6.45, 7) is 6.61. The molecule has 1 saturated heterocycles. The van der Waals surface area contributed by atoms with Gasteiger partial charge in [-0.2, -0.15) is 0 Å². The molecule has 1 aromatic rings. The first kappa shape index (κ1) is 12.0. The molecule has 1 aromatic heterocycles. The third-order valence-corrected chi connectivity index (χ3v) is 3.43. The summed E-state index contributed by atoms with van der Waals surface area (Å²) in [6, 6.07) is 2.80. The second-order valence-electron chi connectivity index (χ2n) is 4.31. The van der Waals surface area contributed by atoms with E-state index < -0.39 is 0 Å². The molecule has 2 heterocycles. The molecule has 16 heavy (non-hydrogen) atoms. The lowest BCUT2D eigenvalue weighted by Gasteiger charge is -2.33. The predicted octanol–water partition coefficient (Wildman–Crippen LogP) is 2.03. The molecule has 1 aliphatic rings. The Bertz CT molecular complexity index is 343. The van der Waals surface area contributed by atoms with Gasteiger partial charge in [-0.15, -0.1) is 0 Å². The molecule has 2 rings (SSSR count). The van der Waals surface area contributed by atoms with Gasteiger partial charge in [-0.3, -0.25) is 9.88 Å². The molecule has 88 valence electrons. The quantitative estimate of drug-likeness (QED) is 0.920. The third kappa shape index (κ3) is 3.27. The van der Waals surface area contributed by atoms with Crippen LogP contribution in [0.1, 0.15) is 18.9 Å². The van der Waals surface area contributed by atoms with E-state index in [1.54, 1.807) is 0 Å². The van der Waals surface area contributed by atoms with Crippen molar-refractivity contribution in [3.63, 3.8) is 0 Å². The number of aromatic nitrogens is 1. The Hall–Kier alpha value is -0.450. The molecule has 4 heteroatoms. The molecule has 0 saturated carbocycles. The van der Waals surface area contributed by atoms with Gasteiger partial charge in [-0.25, -0.2) is 0 Å². The molecule has 0 radical (unpaired) electrons. The monoisotopic (exact) mass is 283 g/mol. The van der Waals surface area contributed by atoms with Crippen LogP contribution in [0.4, 0.5) is 0 Å². The van der Waals surface area contributed by atoms with Gasteiger partial charge in [0.1, 0.15) is 0 Å². The summed E-state index contributed by atoms with van der Waals surface area (Å²) in [6.07, 6.45) is 4.98. The molecule has 0 spiro atoms. The minimum absolute atomic E-state index is 0.647. The molecule has 1 N–H and O–H groups in total. The van der Waals surface area contributed by atoms with Crippen LogP contribution in [0.15, 0.2) is 22.9 Å². The summed E-state index contributed by atoms with van der Waals surface area (Å²) in [5.74, 6) is 0. The number of pyridine rings is 1. The maximum Gasteiger partial charge on any atom is 0.0410 e. The van der Waals surface area contributed by atoms with E-state index in [2.05, 4.69) is 44.1 Å². The third-order valence-electron chi connectivity index (χ3n) is 3.00. The number of piperazine rings is 1. The molecule has 0 amide bonds. The van der Waals surface area contributed by atoms with E-state index >= 15 is 0 Å². The number of hydrogen-bond acceptors (Lipinski definition) is 3. The summed E-state index contributed by atoms with van der Waals surface area (Å²) in [4.78, 5) is 6.69. The zero-order valence-electron chi connectivity index (χ0n) is 9.62. The Morgan fingerprint density at radius 2 is 2.44 bits per heavy atom. The highest BCUT2D eigenvalue weighted by Crippen LogP contribution is 2.13. The maximum atomic E-state index is 4.20. The van der Waals surface area contributed by atoms with Gasteiger partial charge >= 0.3 is 0 Å². The highest BCUT2D eigenvalue weighted by molar-refractivity contribution is 9.10. The average Bonchev–Trinajstić information content (AvgIpc) is 2.29. The molecule has 0 aromatic carbocycles. The Morgan fingerprint density at radius 3 is 3.19 bits per heavy atom. The van der Waals surface area contributed by atoms with Gasteiger partial charge < -0.3 is 5.32 Å². The lowest BCUT2D eigenvalue weighted by molar-refractivity contribution is 0.189. The van der Waals surface area contributed by atoms with Crippen molar-refractivity contribution in [3.8, 4) is 0 Å². The van der Waals surface area contributed by atoms with E-state index in [1.807, 2.05) is 12.4 Å². The first-order chi connectivity index (χ1) is 7.78. The van der Waals surface area contributed by atoms with Gasteiger partial charge in [0.2, 0.25) is 0 Å². The van der Waals surface area contributed by atoms with Crippen LogP contribution in [0.2, 0.25) is 0 Å². The van der Waals surface area contributed by atoms with Crippen molar-refractivity contribution >= 4 is 15.9 Å². The molecule has 1 aliphatic heterocycles. The van der Waals surface area contributed by atoms with Crippen LogP contribution in [0, 0.1) is 0 Å². The fourth-order valence-corrected chi connectivity index (χ4v) is 2.52. The molecular weight excluding hydrogens is 266 g/mol. The number of nitrogens with zero attached hydrogens (tertiary/aromatic N) is 2. The van der Waals surface area contributed by atoms with E-state index in [4.69, 9.17) is 0 Å². The van der Waals surface area contributed by atoms with Crippen LogP contribution in [-0.2, 0) is 6.54 Å². The van der Waals surface area contributed by atoms with Crippen LogP contribution >= 0.6 is 15.9 Å². The minimum Gasteiger partial charge on any atom is -0.311 e. The first-order valence-corrected chi connectivity index (χ1v) is 6.62. The standard InChI is InChI=1S/C12H18BrN3/c1-2-12-9-16(4-3-15-12)8-10-5-11(13)7-14-6-10/h5-7,12,15H,2-4,8-9H2,1H3. The zero-order chi connectivity index (χ0) is 11.4. The molecule has 1 atom stereocenters. The summed E-state index contributed by atoms with van der Waals surface area (Å²) in [7, 11) is 0. The van der Waals surface area contributed by atoms with Crippen LogP contribution < -0.4 is 5.32 Å². The summed E-state index contributed by atoms with van der Waals surface area (Å²) >= 11 is 3.46. The second-order valence-corrected chi connectivity index (χ2v) is 5.22. The second kappa shape index (κ2) is 5.75. The van der Waals surface area contributed by atoms with Crippen LogP contribution in [0.5, 0.6) is 0 Å². The van der Waals surface area contributed by atoms with Gasteiger partial charge in [0, 0.05) is 49.1 Å². The molecule has 3 nitrogen and oxygen atoms in total. The van der Waals surface area contributed by atoms with Gasteiger partial charge in [0.15, 0.2) is 0 Å². The normalized spacial score (nSPS) is 22.2. The van der Waals surface area contributed by atoms with Crippen molar-refractivity contribution in [3.05, 3.63) is 28.5 Å². The molecule has 1 fully saturated rings. The van der Waals surface area contributed by atoms with Crippen molar-refractivity contribution in [1.29, 1.82) is 0 Å². The minimum atomic E-state index is 0.647. The van der Waals surface area contributed by atoms with Crippen molar-refractivity contribution in [2.75, 3.05) is 19.6 Å². The van der Waals surface area contributed by atoms with E-state index in [9.17, 15) is 0 Å². The summed E-state index contributed by atoms with van der Waals surface area (Å²) in [5, 5.41) is 3.53. The Labute approximate surface area is 105 Å². The molecular formula is C12H18BrN3. The fourth-order valence-electron chi connectivity index (χ4n) is 2.11. The van der Waals surface area contributed by atoms with Crippen LogP contribution in [0.25, 0.3) is 0 Å². The number of hydrogen-bond donors (Lipinski definition) is 1. The Kier molecular flexibility index (Phi) is 4.32. The largest absolute Gasteiger partial charge is 0.311 e. The van der Waals surface area contributed by atoms with E-state index in [0.717, 1.165) is 30.7 Å². The first-order valence-electron chi connectivity index (χ1n) is 5.83. The number of nitrogens with one attached hydrogen (secondary N) is 1. The number of halogens is 1. The Morgan fingerprint density at radius 1 is 1.56 bits per heavy atom. The number of rotatable bonds is 3. The zero-order valence-corrected chi connectivity index (χ0v) is 11.2. The van der Waals surface area contributed by atoms with Crippen molar-refractivity contribution in [1.82, 2.24) is 15.2 Å². The highest BCUT2D eigenvalue weighted by atomic mass is 79.9. The summed E-state index contributed by atoms with van der Waals surface area (Å²) < 4.78 is 1.06. The summed E-state index contributed by atoms with van der Waals surface area (Å²) in [5.41, 5.74) is 1.28. The molecule has 0 bridgehead atoms. The molecule has 0 aliphatic carbocycles. The molecule has 1 unspecified atom stereocenters. The van der Waals surface area contributed by atoms with Gasteiger partial charge in [-0.1, -0.05) is 6.92 Å². The van der Waals surface area contributed by atoms with Crippen molar-refractivity contribution in [2.24, 2.45) is 0 Å². The van der Waals surface area contributed by atoms with Gasteiger partial charge in [0.25, 0.3) is 0 Å². The topological polar surface area (TPSA) is 28.2 Å². The predicted molar refractivity (Wildman–Crippen MR) is 69.3 cm³/mol. The Balaban J connectivity index is 1.94. The van der Waals surface area contributed by atoms with Crippen molar-refractivity contribution in [2.45, 2.75) is 25.9 Å². The van der Waals surface area contributed by atoms with E-state index in [0.29, 0.717) is 6.04 Å². The lowest BCUT2D eigenvalue weighted by Crippen LogP contribution is -2.49. The average molecular weight is 284 g/mol. The van der Waals surface area contributed by atoms with Crippen molar-refractivity contribution < 1.29 is 0 Å². The highest BCUT2D eigenvalue weighted by Gasteiger charge is 2.17. The SMILES string of the molecule is CCC1CN(Cc2cncc(Br)c2)CCN1.